The molecule has 0 fully saturated rings. The Bertz CT molecular complexity index is 698. The summed E-state index contributed by atoms with van der Waals surface area (Å²) in [5.74, 6) is 0. The molecule has 0 unspecified atom stereocenters. The van der Waals surface area contributed by atoms with Crippen molar-refractivity contribution in [2.45, 2.75) is 19.1 Å². The minimum absolute atomic E-state index is 0.177. The summed E-state index contributed by atoms with van der Waals surface area (Å²) in [4.78, 5) is 0. The summed E-state index contributed by atoms with van der Waals surface area (Å²) in [6.45, 7) is 1.98. The number of rotatable bonds is 7. The molecule has 0 saturated heterocycles. The zero-order valence-corrected chi connectivity index (χ0v) is 12.6. The Labute approximate surface area is 130 Å². The van der Waals surface area contributed by atoms with Crippen LogP contribution in [0.1, 0.15) is 6.42 Å². The van der Waals surface area contributed by atoms with Crippen LogP contribution in [0.3, 0.4) is 0 Å². The van der Waals surface area contributed by atoms with E-state index in [9.17, 15) is 5.11 Å². The van der Waals surface area contributed by atoms with Crippen LogP contribution in [0.5, 0.6) is 0 Å². The summed E-state index contributed by atoms with van der Waals surface area (Å²) in [5.41, 5.74) is 2.30. The van der Waals surface area contributed by atoms with E-state index >= 15 is 0 Å². The Balaban J connectivity index is 1.85. The third-order valence-electron chi connectivity index (χ3n) is 3.96. The van der Waals surface area contributed by atoms with Crippen molar-refractivity contribution in [2.24, 2.45) is 0 Å². The second-order valence-electron chi connectivity index (χ2n) is 5.58. The molecule has 3 aromatic rings. The molecule has 1 heterocycles. The first kappa shape index (κ1) is 15.0. The van der Waals surface area contributed by atoms with Crippen LogP contribution in [-0.2, 0) is 6.54 Å². The first-order chi connectivity index (χ1) is 10.8. The number of aliphatic hydroxyl groups excluding tert-OH is 2. The maximum absolute atomic E-state index is 10.3. The molecule has 4 heteroatoms. The predicted octanol–water partition coefficient (Wildman–Crippen LogP) is 2.13. The fourth-order valence-corrected chi connectivity index (χ4v) is 2.95. The zero-order chi connectivity index (χ0) is 15.4. The summed E-state index contributed by atoms with van der Waals surface area (Å²) in [5, 5.41) is 24.7. The lowest BCUT2D eigenvalue weighted by Gasteiger charge is -2.14. The summed E-state index contributed by atoms with van der Waals surface area (Å²) in [7, 11) is 0. The Hall–Kier alpha value is -1.88. The Morgan fingerprint density at radius 3 is 2.14 bits per heavy atom. The van der Waals surface area contributed by atoms with Gasteiger partial charge in [-0.15, -0.1) is 0 Å². The SMILES string of the molecule is OCCCNC[C@@H](O)Cn1c2ccccc2c2ccccc21. The molecule has 0 amide bonds. The molecule has 2 aromatic carbocycles. The molecule has 0 spiro atoms. The van der Waals surface area contributed by atoms with E-state index in [2.05, 4.69) is 34.1 Å². The van der Waals surface area contributed by atoms with Gasteiger partial charge in [-0.05, 0) is 25.1 Å². The van der Waals surface area contributed by atoms with Gasteiger partial charge in [-0.2, -0.15) is 0 Å². The maximum Gasteiger partial charge on any atom is 0.0843 e. The molecule has 0 aliphatic carbocycles. The van der Waals surface area contributed by atoms with Crippen molar-refractivity contribution in [1.29, 1.82) is 0 Å². The molecule has 0 saturated carbocycles. The number of hydrogen-bond acceptors (Lipinski definition) is 3. The van der Waals surface area contributed by atoms with E-state index in [4.69, 9.17) is 5.11 Å². The van der Waals surface area contributed by atoms with Crippen LogP contribution in [0.25, 0.3) is 21.8 Å². The van der Waals surface area contributed by atoms with Crippen LogP contribution >= 0.6 is 0 Å². The van der Waals surface area contributed by atoms with Crippen LogP contribution in [-0.4, -0.2) is 40.6 Å². The predicted molar refractivity (Wildman–Crippen MR) is 90.0 cm³/mol. The van der Waals surface area contributed by atoms with Gasteiger partial charge in [0.05, 0.1) is 12.6 Å². The number of benzene rings is 2. The standard InChI is InChI=1S/C18H22N2O2/c21-11-5-10-19-12-14(22)13-20-17-8-3-1-6-15(17)16-7-2-4-9-18(16)20/h1-4,6-9,14,19,21-22H,5,10-13H2/t14-/m1/s1. The van der Waals surface area contributed by atoms with E-state index in [0.29, 0.717) is 19.5 Å². The second-order valence-corrected chi connectivity index (χ2v) is 5.58. The summed E-state index contributed by atoms with van der Waals surface area (Å²) >= 11 is 0. The molecule has 1 atom stereocenters. The van der Waals surface area contributed by atoms with Gasteiger partial charge in [-0.1, -0.05) is 36.4 Å². The van der Waals surface area contributed by atoms with Gasteiger partial charge in [-0.25, -0.2) is 0 Å². The highest BCUT2D eigenvalue weighted by atomic mass is 16.3. The normalized spacial score (nSPS) is 13.0. The van der Waals surface area contributed by atoms with Crippen molar-refractivity contribution in [2.75, 3.05) is 19.7 Å². The third-order valence-corrected chi connectivity index (χ3v) is 3.96. The van der Waals surface area contributed by atoms with Crippen LogP contribution in [0.4, 0.5) is 0 Å². The van der Waals surface area contributed by atoms with E-state index in [1.807, 2.05) is 24.3 Å². The van der Waals surface area contributed by atoms with Crippen molar-refractivity contribution >= 4 is 21.8 Å². The minimum Gasteiger partial charge on any atom is -0.396 e. The van der Waals surface area contributed by atoms with E-state index in [1.165, 1.54) is 10.8 Å². The average Bonchev–Trinajstić information content (AvgIpc) is 2.87. The van der Waals surface area contributed by atoms with Gasteiger partial charge in [0.25, 0.3) is 0 Å². The number of nitrogens with one attached hydrogen (secondary N) is 1. The number of fused-ring (bicyclic) bond motifs is 3. The van der Waals surface area contributed by atoms with Crippen LogP contribution in [0.2, 0.25) is 0 Å². The van der Waals surface area contributed by atoms with Crippen molar-refractivity contribution in [1.82, 2.24) is 9.88 Å². The molecule has 0 bridgehead atoms. The van der Waals surface area contributed by atoms with E-state index in [0.717, 1.165) is 17.6 Å². The molecular weight excluding hydrogens is 276 g/mol. The number of aliphatic hydroxyl groups is 2. The minimum atomic E-state index is -0.460. The van der Waals surface area contributed by atoms with Gasteiger partial charge >= 0.3 is 0 Å². The molecule has 3 N–H and O–H groups in total. The van der Waals surface area contributed by atoms with Crippen molar-refractivity contribution in [3.8, 4) is 0 Å². The molecule has 1 aromatic heterocycles. The quantitative estimate of drug-likeness (QED) is 0.586. The van der Waals surface area contributed by atoms with Crippen molar-refractivity contribution < 1.29 is 10.2 Å². The summed E-state index contributed by atoms with van der Waals surface area (Å²) < 4.78 is 2.18. The Kier molecular flexibility index (Phi) is 4.73. The summed E-state index contributed by atoms with van der Waals surface area (Å²) in [6.07, 6.45) is 0.250. The van der Waals surface area contributed by atoms with E-state index < -0.39 is 6.10 Å². The zero-order valence-electron chi connectivity index (χ0n) is 12.6. The van der Waals surface area contributed by atoms with E-state index in [-0.39, 0.29) is 6.61 Å². The average molecular weight is 298 g/mol. The number of aromatic nitrogens is 1. The summed E-state index contributed by atoms with van der Waals surface area (Å²) in [6, 6.07) is 16.6. The van der Waals surface area contributed by atoms with Gasteiger partial charge < -0.3 is 20.1 Å². The lowest BCUT2D eigenvalue weighted by molar-refractivity contribution is 0.153. The maximum atomic E-state index is 10.3. The first-order valence-electron chi connectivity index (χ1n) is 7.77. The molecule has 0 aliphatic rings. The van der Waals surface area contributed by atoms with Crippen molar-refractivity contribution in [3.63, 3.8) is 0 Å². The van der Waals surface area contributed by atoms with Crippen LogP contribution in [0, 0.1) is 0 Å². The van der Waals surface area contributed by atoms with Crippen LogP contribution in [0.15, 0.2) is 48.5 Å². The first-order valence-corrected chi connectivity index (χ1v) is 7.77. The second kappa shape index (κ2) is 6.92. The highest BCUT2D eigenvalue weighted by Crippen LogP contribution is 2.28. The lowest BCUT2D eigenvalue weighted by atomic mass is 10.2. The highest BCUT2D eigenvalue weighted by Gasteiger charge is 2.12. The molecule has 0 radical (unpaired) electrons. The molecule has 116 valence electrons. The molecule has 0 aliphatic heterocycles. The fraction of sp³-hybridized carbons (Fsp3) is 0.333. The van der Waals surface area contributed by atoms with Gasteiger partial charge in [0, 0.05) is 35.0 Å². The third kappa shape index (κ3) is 2.99. The topological polar surface area (TPSA) is 57.4 Å². The molecule has 3 rings (SSSR count). The molecule has 22 heavy (non-hydrogen) atoms. The van der Waals surface area contributed by atoms with Gasteiger partial charge in [0.2, 0.25) is 0 Å². The monoisotopic (exact) mass is 298 g/mol. The highest BCUT2D eigenvalue weighted by molar-refractivity contribution is 6.07. The molecular formula is C18H22N2O2. The smallest absolute Gasteiger partial charge is 0.0843 e. The van der Waals surface area contributed by atoms with Crippen LogP contribution < -0.4 is 5.32 Å². The van der Waals surface area contributed by atoms with Crippen molar-refractivity contribution in [3.05, 3.63) is 48.5 Å². The Morgan fingerprint density at radius 2 is 1.55 bits per heavy atom. The Morgan fingerprint density at radius 1 is 0.955 bits per heavy atom. The van der Waals surface area contributed by atoms with Gasteiger partial charge in [0.15, 0.2) is 0 Å². The van der Waals surface area contributed by atoms with Gasteiger partial charge in [-0.3, -0.25) is 0 Å². The molecule has 4 nitrogen and oxygen atoms in total. The lowest BCUT2D eigenvalue weighted by Crippen LogP contribution is -2.31. The number of nitrogens with zero attached hydrogens (tertiary/aromatic N) is 1. The fourth-order valence-electron chi connectivity index (χ4n) is 2.95. The van der Waals surface area contributed by atoms with Gasteiger partial charge in [0.1, 0.15) is 0 Å². The number of hydrogen-bond donors (Lipinski definition) is 3. The largest absolute Gasteiger partial charge is 0.396 e. The van der Waals surface area contributed by atoms with E-state index in [1.54, 1.807) is 0 Å². The number of para-hydroxylation sites is 2.